The Morgan fingerprint density at radius 1 is 1.36 bits per heavy atom. The Morgan fingerprint density at radius 2 is 2.14 bits per heavy atom. The standard InChI is InChI=1S/C20H22F2N4O2/c1-12-18-14(19(21)22)10-15(16-8-5-9-28-16)24-20(18)26(25-12)11-17(27)23-13-6-3-2-4-7-13/h5,8-10,13,19H,2-4,6-7,11H2,1H3,(H,23,27). The van der Waals surface area contributed by atoms with Gasteiger partial charge in [0.2, 0.25) is 5.91 Å². The van der Waals surface area contributed by atoms with Gasteiger partial charge in [-0.15, -0.1) is 0 Å². The van der Waals surface area contributed by atoms with E-state index in [1.807, 2.05) is 0 Å². The normalized spacial score (nSPS) is 15.4. The number of alkyl halides is 2. The molecule has 1 amide bonds. The van der Waals surface area contributed by atoms with Crippen LogP contribution in [0.15, 0.2) is 28.9 Å². The topological polar surface area (TPSA) is 73.0 Å². The number of pyridine rings is 1. The summed E-state index contributed by atoms with van der Waals surface area (Å²) in [6, 6.07) is 4.83. The minimum Gasteiger partial charge on any atom is -0.463 e. The van der Waals surface area contributed by atoms with Gasteiger partial charge in [0.25, 0.3) is 6.43 Å². The molecule has 0 aliphatic heterocycles. The Balaban J connectivity index is 1.69. The van der Waals surface area contributed by atoms with Crippen LogP contribution >= 0.6 is 0 Å². The fourth-order valence-corrected chi connectivity index (χ4v) is 3.88. The van der Waals surface area contributed by atoms with Crippen molar-refractivity contribution in [3.05, 3.63) is 35.7 Å². The van der Waals surface area contributed by atoms with Gasteiger partial charge in [-0.25, -0.2) is 18.4 Å². The second-order valence-electron chi connectivity index (χ2n) is 7.22. The highest BCUT2D eigenvalue weighted by molar-refractivity contribution is 5.86. The highest BCUT2D eigenvalue weighted by atomic mass is 19.3. The quantitative estimate of drug-likeness (QED) is 0.704. The van der Waals surface area contributed by atoms with Crippen LogP contribution < -0.4 is 5.32 Å². The van der Waals surface area contributed by atoms with Gasteiger partial charge in [0.05, 0.1) is 17.3 Å². The molecule has 1 aliphatic carbocycles. The van der Waals surface area contributed by atoms with Gasteiger partial charge in [-0.1, -0.05) is 19.3 Å². The molecular weight excluding hydrogens is 366 g/mol. The predicted octanol–water partition coefficient (Wildman–Crippen LogP) is 4.39. The molecule has 0 aromatic carbocycles. The molecule has 0 atom stereocenters. The molecule has 8 heteroatoms. The number of aryl methyl sites for hydroxylation is 1. The summed E-state index contributed by atoms with van der Waals surface area (Å²) in [5.41, 5.74) is 0.823. The van der Waals surface area contributed by atoms with Crippen LogP contribution in [0.5, 0.6) is 0 Å². The number of aromatic nitrogens is 3. The van der Waals surface area contributed by atoms with E-state index in [0.29, 0.717) is 17.1 Å². The fraction of sp³-hybridized carbons (Fsp3) is 0.450. The predicted molar refractivity (Wildman–Crippen MR) is 99.9 cm³/mol. The Kier molecular flexibility index (Phi) is 5.11. The molecule has 4 rings (SSSR count). The van der Waals surface area contributed by atoms with Gasteiger partial charge in [0.1, 0.15) is 12.2 Å². The van der Waals surface area contributed by atoms with E-state index in [1.54, 1.807) is 19.1 Å². The van der Waals surface area contributed by atoms with Gasteiger partial charge < -0.3 is 9.73 Å². The molecule has 1 N–H and O–H groups in total. The minimum atomic E-state index is -2.69. The molecule has 3 aromatic rings. The lowest BCUT2D eigenvalue weighted by molar-refractivity contribution is -0.122. The minimum absolute atomic E-state index is 0.0574. The van der Waals surface area contributed by atoms with Crippen molar-refractivity contribution in [2.24, 2.45) is 0 Å². The summed E-state index contributed by atoms with van der Waals surface area (Å²) >= 11 is 0. The van der Waals surface area contributed by atoms with Crippen LogP contribution in [-0.4, -0.2) is 26.7 Å². The van der Waals surface area contributed by atoms with Crippen LogP contribution in [0.2, 0.25) is 0 Å². The lowest BCUT2D eigenvalue weighted by Crippen LogP contribution is -2.38. The molecular formula is C20H22F2N4O2. The third-order valence-electron chi connectivity index (χ3n) is 5.18. The van der Waals surface area contributed by atoms with Gasteiger partial charge >= 0.3 is 0 Å². The second kappa shape index (κ2) is 7.69. The Hall–Kier alpha value is -2.77. The first-order chi connectivity index (χ1) is 13.5. The number of nitrogens with one attached hydrogen (secondary N) is 1. The van der Waals surface area contributed by atoms with Crippen molar-refractivity contribution in [2.75, 3.05) is 0 Å². The molecule has 1 fully saturated rings. The van der Waals surface area contributed by atoms with E-state index in [1.165, 1.54) is 23.4 Å². The highest BCUT2D eigenvalue weighted by Crippen LogP contribution is 2.33. The van der Waals surface area contributed by atoms with Gasteiger partial charge in [0, 0.05) is 11.6 Å². The molecule has 6 nitrogen and oxygen atoms in total. The van der Waals surface area contributed by atoms with Crippen molar-refractivity contribution in [1.82, 2.24) is 20.1 Å². The number of furan rings is 1. The number of nitrogens with zero attached hydrogens (tertiary/aromatic N) is 3. The first-order valence-corrected chi connectivity index (χ1v) is 9.52. The smallest absolute Gasteiger partial charge is 0.264 e. The summed E-state index contributed by atoms with van der Waals surface area (Å²) in [6.45, 7) is 1.59. The molecule has 3 heterocycles. The summed E-state index contributed by atoms with van der Waals surface area (Å²) in [6.07, 6.45) is 4.14. The maximum atomic E-state index is 13.7. The van der Waals surface area contributed by atoms with Crippen LogP contribution in [0, 0.1) is 6.92 Å². The maximum absolute atomic E-state index is 13.7. The third-order valence-corrected chi connectivity index (χ3v) is 5.18. The van der Waals surface area contributed by atoms with Gasteiger partial charge in [-0.05, 0) is 38.0 Å². The Labute approximate surface area is 160 Å². The molecule has 28 heavy (non-hydrogen) atoms. The monoisotopic (exact) mass is 388 g/mol. The lowest BCUT2D eigenvalue weighted by Gasteiger charge is -2.22. The number of carbonyl (C=O) groups excluding carboxylic acids is 1. The molecule has 0 spiro atoms. The van der Waals surface area contributed by atoms with Crippen LogP contribution in [0.3, 0.4) is 0 Å². The number of hydrogen-bond donors (Lipinski definition) is 1. The Morgan fingerprint density at radius 3 is 2.82 bits per heavy atom. The zero-order valence-electron chi connectivity index (χ0n) is 15.6. The fourth-order valence-electron chi connectivity index (χ4n) is 3.88. The molecule has 1 saturated carbocycles. The molecule has 3 aromatic heterocycles. The van der Waals surface area contributed by atoms with E-state index in [0.717, 1.165) is 25.7 Å². The summed E-state index contributed by atoms with van der Waals surface area (Å²) in [5.74, 6) is 0.209. The first kappa shape index (κ1) is 18.6. The molecule has 0 radical (unpaired) electrons. The molecule has 1 aliphatic rings. The third kappa shape index (κ3) is 3.63. The Bertz CT molecular complexity index is 976. The average molecular weight is 388 g/mol. The number of halogens is 2. The zero-order valence-corrected chi connectivity index (χ0v) is 15.6. The maximum Gasteiger partial charge on any atom is 0.264 e. The van der Waals surface area contributed by atoms with Crippen LogP contribution in [-0.2, 0) is 11.3 Å². The number of amides is 1. The van der Waals surface area contributed by atoms with Gasteiger partial charge in [0.15, 0.2) is 11.4 Å². The van der Waals surface area contributed by atoms with Crippen LogP contribution in [0.25, 0.3) is 22.5 Å². The van der Waals surface area contributed by atoms with E-state index in [-0.39, 0.29) is 35.1 Å². The summed E-state index contributed by atoms with van der Waals surface area (Å²) in [4.78, 5) is 17.0. The van der Waals surface area contributed by atoms with Crippen molar-refractivity contribution < 1.29 is 18.0 Å². The van der Waals surface area contributed by atoms with Crippen LogP contribution in [0.4, 0.5) is 8.78 Å². The number of fused-ring (bicyclic) bond motifs is 1. The van der Waals surface area contributed by atoms with E-state index in [2.05, 4.69) is 15.4 Å². The van der Waals surface area contributed by atoms with Crippen LogP contribution in [0.1, 0.15) is 49.8 Å². The second-order valence-corrected chi connectivity index (χ2v) is 7.22. The average Bonchev–Trinajstić information content (AvgIpc) is 3.31. The zero-order chi connectivity index (χ0) is 19.7. The number of carbonyl (C=O) groups is 1. The number of hydrogen-bond acceptors (Lipinski definition) is 4. The largest absolute Gasteiger partial charge is 0.463 e. The highest BCUT2D eigenvalue weighted by Gasteiger charge is 2.23. The number of rotatable bonds is 5. The van der Waals surface area contributed by atoms with Gasteiger partial charge in [-0.3, -0.25) is 4.79 Å². The van der Waals surface area contributed by atoms with Crippen molar-refractivity contribution in [1.29, 1.82) is 0 Å². The first-order valence-electron chi connectivity index (χ1n) is 9.52. The lowest BCUT2D eigenvalue weighted by atomic mass is 9.95. The van der Waals surface area contributed by atoms with E-state index < -0.39 is 6.43 Å². The molecule has 0 bridgehead atoms. The molecule has 0 unspecified atom stereocenters. The SMILES string of the molecule is Cc1nn(CC(=O)NC2CCCCC2)c2nc(-c3ccco3)cc(C(F)F)c12. The van der Waals surface area contributed by atoms with E-state index in [9.17, 15) is 13.6 Å². The van der Waals surface area contributed by atoms with Gasteiger partial charge in [-0.2, -0.15) is 5.10 Å². The van der Waals surface area contributed by atoms with E-state index in [4.69, 9.17) is 4.42 Å². The summed E-state index contributed by atoms with van der Waals surface area (Å²) in [7, 11) is 0. The van der Waals surface area contributed by atoms with Crippen molar-refractivity contribution in [3.63, 3.8) is 0 Å². The van der Waals surface area contributed by atoms with Crippen molar-refractivity contribution >= 4 is 16.9 Å². The summed E-state index contributed by atoms with van der Waals surface area (Å²) in [5, 5.41) is 7.63. The summed E-state index contributed by atoms with van der Waals surface area (Å²) < 4.78 is 34.1. The van der Waals surface area contributed by atoms with E-state index >= 15 is 0 Å². The van der Waals surface area contributed by atoms with Crippen molar-refractivity contribution in [3.8, 4) is 11.5 Å². The molecule has 0 saturated heterocycles. The molecule has 148 valence electrons. The van der Waals surface area contributed by atoms with Crippen molar-refractivity contribution in [2.45, 2.75) is 58.0 Å².